The highest BCUT2D eigenvalue weighted by molar-refractivity contribution is 6.30. The molecule has 16 heteroatoms. The molecule has 0 spiro atoms. The number of methoxy groups -OCH3 is 2. The number of rotatable bonds is 32. The van der Waals surface area contributed by atoms with E-state index in [4.69, 9.17) is 47.4 Å². The summed E-state index contributed by atoms with van der Waals surface area (Å²) in [5.74, 6) is -5.83. The Bertz CT molecular complexity index is 2090. The van der Waals surface area contributed by atoms with Crippen LogP contribution in [0.2, 0.25) is 0 Å². The molecular formula is C53H68O16. The third-order valence-corrected chi connectivity index (χ3v) is 10.4. The van der Waals surface area contributed by atoms with Crippen molar-refractivity contribution in [1.29, 1.82) is 0 Å². The molecule has 0 amide bonds. The highest BCUT2D eigenvalue weighted by atomic mass is 16.6. The highest BCUT2D eigenvalue weighted by Gasteiger charge is 2.39. The lowest BCUT2D eigenvalue weighted by atomic mass is 9.91. The van der Waals surface area contributed by atoms with E-state index in [2.05, 4.69) is 44.3 Å². The highest BCUT2D eigenvalue weighted by Crippen LogP contribution is 2.31. The van der Waals surface area contributed by atoms with E-state index in [1.54, 1.807) is 13.0 Å². The average Bonchev–Trinajstić information content (AvgIpc) is 3.35. The average molecular weight is 961 g/mol. The monoisotopic (exact) mass is 960 g/mol. The minimum absolute atomic E-state index is 0.0108. The summed E-state index contributed by atoms with van der Waals surface area (Å²) in [5, 5.41) is 0. The van der Waals surface area contributed by atoms with Gasteiger partial charge in [-0.2, -0.15) is 0 Å². The number of aryl methyl sites for hydroxylation is 3. The molecule has 0 aliphatic heterocycles. The van der Waals surface area contributed by atoms with Gasteiger partial charge in [-0.25, -0.2) is 28.8 Å². The predicted octanol–water partition coefficient (Wildman–Crippen LogP) is 7.49. The van der Waals surface area contributed by atoms with Crippen LogP contribution in [-0.2, 0) is 85.9 Å². The summed E-state index contributed by atoms with van der Waals surface area (Å²) in [4.78, 5) is 75.3. The van der Waals surface area contributed by atoms with E-state index >= 15 is 0 Å². The number of esters is 6. The first-order valence-electron chi connectivity index (χ1n) is 23.1. The zero-order valence-electron chi connectivity index (χ0n) is 40.7. The standard InChI is InChI=1S/C53H68O16/c1-8-9-10-11-14-40-17-19-41(20-18-40)15-12-27-62-45-24-21-42(22-25-45)43-23-26-46(44(33-43)16-13-28-63-47(54)38(2)3)66-34-53(35-67-48(55)39(4)5,36-68-51(58)49(56)64-31-29-60-6)37-69-52(59)50(57)65-32-30-61-7/h17-26,33H,2,4,8-16,27-32,34-37H2,1,3,5-7H3. The molecule has 3 rings (SSSR count). The van der Waals surface area contributed by atoms with E-state index in [0.29, 0.717) is 30.8 Å². The van der Waals surface area contributed by atoms with E-state index in [1.165, 1.54) is 58.0 Å². The minimum Gasteiger partial charge on any atom is -0.494 e. The van der Waals surface area contributed by atoms with Crippen molar-refractivity contribution in [3.8, 4) is 22.6 Å². The maximum atomic E-state index is 12.8. The van der Waals surface area contributed by atoms with Gasteiger partial charge in [-0.05, 0) is 104 Å². The third kappa shape index (κ3) is 21.5. The van der Waals surface area contributed by atoms with Gasteiger partial charge in [0, 0.05) is 25.4 Å². The van der Waals surface area contributed by atoms with Gasteiger partial charge in [-0.3, -0.25) is 0 Å². The number of carbonyl (C=O) groups is 6. The molecule has 0 heterocycles. The van der Waals surface area contributed by atoms with Crippen LogP contribution >= 0.6 is 0 Å². The quantitative estimate of drug-likeness (QED) is 0.0196. The topological polar surface area (TPSA) is 195 Å². The van der Waals surface area contributed by atoms with Crippen molar-refractivity contribution in [3.63, 3.8) is 0 Å². The number of hydrogen-bond donors (Lipinski definition) is 0. The summed E-state index contributed by atoms with van der Waals surface area (Å²) >= 11 is 0. The Morgan fingerprint density at radius 1 is 0.464 bits per heavy atom. The number of ether oxygens (including phenoxy) is 10. The number of benzene rings is 3. The summed E-state index contributed by atoms with van der Waals surface area (Å²) in [6, 6.07) is 21.9. The lowest BCUT2D eigenvalue weighted by Crippen LogP contribution is -2.45. The van der Waals surface area contributed by atoms with Crippen LogP contribution in [0.4, 0.5) is 0 Å². The van der Waals surface area contributed by atoms with Crippen molar-refractivity contribution in [2.24, 2.45) is 5.41 Å². The molecule has 3 aromatic rings. The van der Waals surface area contributed by atoms with E-state index in [-0.39, 0.29) is 44.2 Å². The van der Waals surface area contributed by atoms with E-state index in [1.807, 2.05) is 36.4 Å². The Morgan fingerprint density at radius 2 is 0.942 bits per heavy atom. The van der Waals surface area contributed by atoms with Gasteiger partial charge in [-0.1, -0.05) is 81.8 Å². The normalized spacial score (nSPS) is 10.9. The van der Waals surface area contributed by atoms with Crippen LogP contribution in [0.1, 0.15) is 76.0 Å². The van der Waals surface area contributed by atoms with Crippen LogP contribution in [0.25, 0.3) is 11.1 Å². The molecule has 16 nitrogen and oxygen atoms in total. The maximum absolute atomic E-state index is 12.8. The maximum Gasteiger partial charge on any atom is 0.417 e. The SMILES string of the molecule is C=C(C)C(=O)OCCCc1cc(-c2ccc(OCCCc3ccc(CCCCCC)cc3)cc2)ccc1OCC(COC(=O)C(=C)C)(COC(=O)C(=O)OCCOC)COC(=O)C(=O)OCCOC. The lowest BCUT2D eigenvalue weighted by Gasteiger charge is -2.32. The molecule has 0 radical (unpaired) electrons. The first-order valence-corrected chi connectivity index (χ1v) is 23.1. The first kappa shape index (κ1) is 56.8. The molecule has 0 bridgehead atoms. The second-order valence-corrected chi connectivity index (χ2v) is 16.5. The van der Waals surface area contributed by atoms with Crippen molar-refractivity contribution in [2.45, 2.75) is 78.6 Å². The molecule has 0 atom stereocenters. The Balaban J connectivity index is 1.86. The van der Waals surface area contributed by atoms with Gasteiger partial charge in [0.25, 0.3) is 0 Å². The van der Waals surface area contributed by atoms with Crippen LogP contribution in [0.5, 0.6) is 11.5 Å². The zero-order chi connectivity index (χ0) is 50.4. The van der Waals surface area contributed by atoms with Crippen molar-refractivity contribution in [3.05, 3.63) is 108 Å². The van der Waals surface area contributed by atoms with Crippen molar-refractivity contribution in [2.75, 3.05) is 80.3 Å². The van der Waals surface area contributed by atoms with Crippen molar-refractivity contribution >= 4 is 35.8 Å². The predicted molar refractivity (Wildman–Crippen MR) is 255 cm³/mol. The largest absolute Gasteiger partial charge is 0.494 e. The van der Waals surface area contributed by atoms with Crippen LogP contribution < -0.4 is 9.47 Å². The Hall–Kier alpha value is -6.52. The van der Waals surface area contributed by atoms with Gasteiger partial charge in [0.2, 0.25) is 0 Å². The number of carbonyl (C=O) groups excluding carboxylic acids is 6. The second kappa shape index (κ2) is 31.5. The van der Waals surface area contributed by atoms with Crippen LogP contribution in [0, 0.1) is 5.41 Å². The second-order valence-electron chi connectivity index (χ2n) is 16.5. The van der Waals surface area contributed by atoms with Crippen molar-refractivity contribution < 1.29 is 76.1 Å². The summed E-state index contributed by atoms with van der Waals surface area (Å²) in [6.45, 7) is 10.0. The molecule has 0 saturated carbocycles. The molecule has 0 saturated heterocycles. The Kier molecular flexibility index (Phi) is 25.9. The fourth-order valence-electron chi connectivity index (χ4n) is 6.42. The van der Waals surface area contributed by atoms with E-state index in [0.717, 1.165) is 36.1 Å². The smallest absolute Gasteiger partial charge is 0.417 e. The van der Waals surface area contributed by atoms with Gasteiger partial charge < -0.3 is 47.4 Å². The molecule has 0 unspecified atom stereocenters. The fraction of sp³-hybridized carbons (Fsp3) is 0.472. The summed E-state index contributed by atoms with van der Waals surface area (Å²) < 4.78 is 53.4. The molecular weight excluding hydrogens is 893 g/mol. The summed E-state index contributed by atoms with van der Waals surface area (Å²) in [6.07, 6.45) is 8.58. The van der Waals surface area contributed by atoms with Crippen LogP contribution in [0.3, 0.4) is 0 Å². The van der Waals surface area contributed by atoms with Gasteiger partial charge >= 0.3 is 35.8 Å². The van der Waals surface area contributed by atoms with Gasteiger partial charge in [0.1, 0.15) is 56.6 Å². The molecule has 0 N–H and O–H groups in total. The molecule has 3 aromatic carbocycles. The molecule has 376 valence electrons. The number of hydrogen-bond acceptors (Lipinski definition) is 16. The third-order valence-electron chi connectivity index (χ3n) is 10.4. The Labute approximate surface area is 405 Å². The van der Waals surface area contributed by atoms with Gasteiger partial charge in [0.05, 0.1) is 26.4 Å². The number of unbranched alkanes of at least 4 members (excludes halogenated alkanes) is 3. The van der Waals surface area contributed by atoms with Crippen molar-refractivity contribution in [1.82, 2.24) is 0 Å². The lowest BCUT2D eigenvalue weighted by molar-refractivity contribution is -0.179. The molecule has 0 aliphatic carbocycles. The Morgan fingerprint density at radius 3 is 1.48 bits per heavy atom. The summed E-state index contributed by atoms with van der Waals surface area (Å²) in [7, 11) is 2.76. The summed E-state index contributed by atoms with van der Waals surface area (Å²) in [5.41, 5.74) is 3.54. The van der Waals surface area contributed by atoms with Crippen LogP contribution in [-0.4, -0.2) is 116 Å². The van der Waals surface area contributed by atoms with Crippen LogP contribution in [0.15, 0.2) is 91.0 Å². The van der Waals surface area contributed by atoms with Gasteiger partial charge in [0.15, 0.2) is 0 Å². The van der Waals surface area contributed by atoms with E-state index in [9.17, 15) is 28.8 Å². The molecule has 0 aliphatic rings. The first-order chi connectivity index (χ1) is 33.2. The van der Waals surface area contributed by atoms with Gasteiger partial charge in [-0.15, -0.1) is 0 Å². The van der Waals surface area contributed by atoms with E-state index < -0.39 is 67.7 Å². The zero-order valence-corrected chi connectivity index (χ0v) is 40.7. The molecule has 0 fully saturated rings. The minimum atomic E-state index is -1.74. The molecule has 69 heavy (non-hydrogen) atoms. The molecule has 0 aromatic heterocycles. The fourth-order valence-corrected chi connectivity index (χ4v) is 6.42.